The number of hydrogen-bond donors (Lipinski definition) is 0. The van der Waals surface area contributed by atoms with Gasteiger partial charge in [0.1, 0.15) is 0 Å². The quantitative estimate of drug-likeness (QED) is 0.301. The van der Waals surface area contributed by atoms with Crippen molar-refractivity contribution in [3.63, 3.8) is 0 Å². The van der Waals surface area contributed by atoms with Crippen LogP contribution in [-0.4, -0.2) is 30.1 Å². The highest BCUT2D eigenvalue weighted by molar-refractivity contribution is 9.10. The molecule has 0 amide bonds. The molecule has 8 heteroatoms. The first kappa shape index (κ1) is 19.8. The van der Waals surface area contributed by atoms with Crippen molar-refractivity contribution in [3.05, 3.63) is 43.9 Å². The Hall–Kier alpha value is -2.22. The molecule has 0 aliphatic heterocycles. The largest absolute Gasteiger partial charge is 0.465 e. The summed E-state index contributed by atoms with van der Waals surface area (Å²) in [5, 5.41) is 11.2. The number of esters is 2. The summed E-state index contributed by atoms with van der Waals surface area (Å²) >= 11 is 3.25. The summed E-state index contributed by atoms with van der Waals surface area (Å²) in [6.07, 6.45) is 1.42. The summed E-state index contributed by atoms with van der Waals surface area (Å²) in [6, 6.07) is 4.51. The van der Waals surface area contributed by atoms with Crippen molar-refractivity contribution in [1.82, 2.24) is 0 Å². The van der Waals surface area contributed by atoms with Crippen LogP contribution in [-0.2, 0) is 19.1 Å². The van der Waals surface area contributed by atoms with Crippen molar-refractivity contribution < 1.29 is 24.0 Å². The molecule has 7 nitrogen and oxygen atoms in total. The number of ether oxygens (including phenoxy) is 2. The average Bonchev–Trinajstić information content (AvgIpc) is 2.49. The summed E-state index contributed by atoms with van der Waals surface area (Å²) in [5.74, 6) is -2.77. The van der Waals surface area contributed by atoms with Gasteiger partial charge in [0, 0.05) is 10.5 Å². The van der Waals surface area contributed by atoms with Gasteiger partial charge >= 0.3 is 11.9 Å². The zero-order valence-corrected chi connectivity index (χ0v) is 15.2. The van der Waals surface area contributed by atoms with E-state index in [1.807, 2.05) is 0 Å². The molecular weight excluding hydrogens is 382 g/mol. The third kappa shape index (κ3) is 4.89. The molecule has 0 aliphatic carbocycles. The van der Waals surface area contributed by atoms with E-state index in [9.17, 15) is 19.7 Å². The van der Waals surface area contributed by atoms with Gasteiger partial charge in [-0.15, -0.1) is 0 Å². The van der Waals surface area contributed by atoms with Crippen molar-refractivity contribution in [2.24, 2.45) is 5.92 Å². The minimum absolute atomic E-state index is 0.108. The molecule has 0 atom stereocenters. The van der Waals surface area contributed by atoms with Gasteiger partial charge in [-0.3, -0.25) is 19.7 Å². The number of nitro groups is 1. The van der Waals surface area contributed by atoms with Crippen LogP contribution < -0.4 is 0 Å². The van der Waals surface area contributed by atoms with E-state index < -0.39 is 22.8 Å². The fraction of sp³-hybridized carbons (Fsp3) is 0.375. The van der Waals surface area contributed by atoms with Crippen LogP contribution in [0.25, 0.3) is 6.08 Å². The highest BCUT2D eigenvalue weighted by Crippen LogP contribution is 2.30. The Labute approximate surface area is 147 Å². The van der Waals surface area contributed by atoms with Crippen LogP contribution in [0.1, 0.15) is 26.3 Å². The Morgan fingerprint density at radius 1 is 1.25 bits per heavy atom. The lowest BCUT2D eigenvalue weighted by Gasteiger charge is -2.15. The molecule has 0 fully saturated rings. The second kappa shape index (κ2) is 9.17. The Kier molecular flexibility index (Phi) is 7.57. The Morgan fingerprint density at radius 3 is 2.25 bits per heavy atom. The molecule has 1 aromatic rings. The van der Waals surface area contributed by atoms with Gasteiger partial charge in [0.05, 0.1) is 23.7 Å². The number of nitrogens with zero attached hydrogens (tertiary/aromatic N) is 1. The van der Waals surface area contributed by atoms with E-state index in [4.69, 9.17) is 9.47 Å². The molecular formula is C16H18BrNO6. The number of carbonyl (C=O) groups is 2. The van der Waals surface area contributed by atoms with Crippen LogP contribution in [0, 0.1) is 16.0 Å². The molecule has 0 bridgehead atoms. The highest BCUT2D eigenvalue weighted by Gasteiger charge is 2.31. The molecule has 0 spiro atoms. The lowest BCUT2D eigenvalue weighted by molar-refractivity contribution is -0.385. The lowest BCUT2D eigenvalue weighted by atomic mass is 9.97. The maximum absolute atomic E-state index is 12.1. The summed E-state index contributed by atoms with van der Waals surface area (Å²) < 4.78 is 10.3. The third-order valence-electron chi connectivity index (χ3n) is 3.10. The first-order valence-corrected chi connectivity index (χ1v) is 8.07. The number of carbonyl (C=O) groups excluding carboxylic acids is 2. The number of halogens is 1. The normalized spacial score (nSPS) is 11.3. The maximum Gasteiger partial charge on any atom is 0.324 e. The molecule has 0 aromatic heterocycles. The smallest absolute Gasteiger partial charge is 0.324 e. The molecule has 0 saturated carbocycles. The van der Waals surface area contributed by atoms with E-state index in [1.165, 1.54) is 25.1 Å². The van der Waals surface area contributed by atoms with Gasteiger partial charge in [0.2, 0.25) is 0 Å². The summed E-state index contributed by atoms with van der Waals surface area (Å²) in [4.78, 5) is 34.8. The predicted octanol–water partition coefficient (Wildman–Crippen LogP) is 3.50. The molecule has 0 saturated heterocycles. The molecule has 130 valence electrons. The molecule has 0 unspecified atom stereocenters. The summed E-state index contributed by atoms with van der Waals surface area (Å²) in [5.41, 5.74) is 0.413. The Morgan fingerprint density at radius 2 is 1.79 bits per heavy atom. The predicted molar refractivity (Wildman–Crippen MR) is 91.2 cm³/mol. The van der Waals surface area contributed by atoms with Crippen molar-refractivity contribution in [2.75, 3.05) is 13.2 Å². The highest BCUT2D eigenvalue weighted by atomic mass is 79.9. The number of hydrogen-bond acceptors (Lipinski definition) is 6. The molecule has 1 rings (SSSR count). The van der Waals surface area contributed by atoms with Gasteiger partial charge in [-0.2, -0.15) is 0 Å². The SMILES string of the molecule is CCOC(=O)C(C(=O)OCC)C(C)=Cc1c(Br)cccc1[N+](=O)[O-]. The first-order valence-electron chi connectivity index (χ1n) is 7.27. The molecule has 1 aromatic carbocycles. The second-order valence-corrected chi connectivity index (χ2v) is 5.61. The van der Waals surface area contributed by atoms with Gasteiger partial charge in [-0.05, 0) is 54.4 Å². The Bertz CT molecular complexity index is 653. The number of rotatable bonds is 7. The molecule has 0 N–H and O–H groups in total. The maximum atomic E-state index is 12.1. The van der Waals surface area contributed by atoms with Crippen LogP contribution >= 0.6 is 15.9 Å². The monoisotopic (exact) mass is 399 g/mol. The number of nitro benzene ring substituents is 1. The van der Waals surface area contributed by atoms with Gasteiger partial charge < -0.3 is 9.47 Å². The summed E-state index contributed by atoms with van der Waals surface area (Å²) in [7, 11) is 0. The van der Waals surface area contributed by atoms with Crippen LogP contribution in [0.15, 0.2) is 28.2 Å². The van der Waals surface area contributed by atoms with Crippen LogP contribution in [0.4, 0.5) is 5.69 Å². The van der Waals surface area contributed by atoms with Gasteiger partial charge in [-0.25, -0.2) is 0 Å². The minimum atomic E-state index is -1.27. The molecule has 0 radical (unpaired) electrons. The lowest BCUT2D eigenvalue weighted by Crippen LogP contribution is -2.29. The van der Waals surface area contributed by atoms with E-state index in [-0.39, 0.29) is 24.5 Å². The minimum Gasteiger partial charge on any atom is -0.465 e. The van der Waals surface area contributed by atoms with Crippen molar-refractivity contribution in [1.29, 1.82) is 0 Å². The fourth-order valence-electron chi connectivity index (χ4n) is 2.06. The zero-order valence-electron chi connectivity index (χ0n) is 13.6. The van der Waals surface area contributed by atoms with E-state index in [1.54, 1.807) is 19.9 Å². The average molecular weight is 400 g/mol. The van der Waals surface area contributed by atoms with Crippen LogP contribution in [0.2, 0.25) is 0 Å². The van der Waals surface area contributed by atoms with E-state index in [2.05, 4.69) is 15.9 Å². The van der Waals surface area contributed by atoms with E-state index in [0.29, 0.717) is 10.0 Å². The van der Waals surface area contributed by atoms with E-state index in [0.717, 1.165) is 0 Å². The van der Waals surface area contributed by atoms with Crippen LogP contribution in [0.5, 0.6) is 0 Å². The standard InChI is InChI=1S/C16H18BrNO6/c1-4-23-15(19)14(16(20)24-5-2)10(3)9-11-12(17)7-6-8-13(11)18(21)22/h6-9,14H,4-5H2,1-3H3. The molecule has 24 heavy (non-hydrogen) atoms. The fourth-order valence-corrected chi connectivity index (χ4v) is 2.53. The summed E-state index contributed by atoms with van der Waals surface area (Å²) in [6.45, 7) is 4.99. The van der Waals surface area contributed by atoms with Gasteiger partial charge in [-0.1, -0.05) is 6.07 Å². The topological polar surface area (TPSA) is 95.7 Å². The van der Waals surface area contributed by atoms with Crippen molar-refractivity contribution in [3.8, 4) is 0 Å². The first-order chi connectivity index (χ1) is 11.3. The van der Waals surface area contributed by atoms with Gasteiger partial charge in [0.25, 0.3) is 5.69 Å². The number of benzene rings is 1. The molecule has 0 aliphatic rings. The molecule has 0 heterocycles. The van der Waals surface area contributed by atoms with Crippen molar-refractivity contribution in [2.45, 2.75) is 20.8 Å². The van der Waals surface area contributed by atoms with E-state index >= 15 is 0 Å². The Balaban J connectivity index is 3.35. The third-order valence-corrected chi connectivity index (χ3v) is 3.79. The van der Waals surface area contributed by atoms with Crippen LogP contribution in [0.3, 0.4) is 0 Å². The second-order valence-electron chi connectivity index (χ2n) is 4.76. The van der Waals surface area contributed by atoms with Crippen molar-refractivity contribution >= 4 is 39.6 Å². The van der Waals surface area contributed by atoms with Gasteiger partial charge in [0.15, 0.2) is 5.92 Å². The zero-order chi connectivity index (χ0) is 18.3.